The molecule has 15 N–H and O–H groups in total. The van der Waals surface area contributed by atoms with E-state index in [0.717, 1.165) is 6.54 Å². The van der Waals surface area contributed by atoms with E-state index in [4.69, 9.17) is 0 Å². The molecule has 12 heavy (non-hydrogen) atoms. The van der Waals surface area contributed by atoms with E-state index in [0.29, 0.717) is 0 Å². The molecule has 0 aromatic carbocycles. The smallest absolute Gasteiger partial charge is 0.0739 e. The molecule has 0 amide bonds. The first-order valence-corrected chi connectivity index (χ1v) is 2.21. The fourth-order valence-corrected chi connectivity index (χ4v) is 0.250. The van der Waals surface area contributed by atoms with Crippen molar-refractivity contribution in [1.82, 2.24) is 18.5 Å². The molecule has 0 rings (SSSR count). The highest BCUT2D eigenvalue weighted by Gasteiger charge is 1.71. The van der Waals surface area contributed by atoms with Crippen LogP contribution in [0, 0.1) is 0 Å². The van der Waals surface area contributed by atoms with Crippen LogP contribution in [0.4, 0.5) is 0 Å². The van der Waals surface area contributed by atoms with Gasteiger partial charge in [0.05, 0.1) is 6.54 Å². The lowest BCUT2D eigenvalue weighted by atomic mass is 10.3. The first-order valence-electron chi connectivity index (χ1n) is 2.21. The summed E-state index contributed by atoms with van der Waals surface area (Å²) in [6.07, 6.45) is 2.56. The van der Waals surface area contributed by atoms with E-state index in [2.05, 4.69) is 12.7 Å². The first-order chi connectivity index (χ1) is 2.41. The third-order valence-corrected chi connectivity index (χ3v) is 0.604. The lowest BCUT2D eigenvalue weighted by Crippen LogP contribution is -3.00. The molecular weight excluding hydrogens is 424 g/mol. The van der Waals surface area contributed by atoms with E-state index < -0.39 is 0 Å². The van der Waals surface area contributed by atoms with Crippen LogP contribution in [-0.2, 0) is 0 Å². The van der Waals surface area contributed by atoms with Crippen LogP contribution in [0.5, 0.6) is 0 Å². The van der Waals surface area contributed by atoms with E-state index in [1.807, 2.05) is 0 Å². The van der Waals surface area contributed by atoms with Gasteiger partial charge in [0, 0.05) is 0 Å². The summed E-state index contributed by atoms with van der Waals surface area (Å²) in [5.41, 5.74) is 3.68. The van der Waals surface area contributed by atoms with E-state index in [9.17, 15) is 0 Å². The van der Waals surface area contributed by atoms with Crippen LogP contribution in [0.15, 0.2) is 0 Å². The van der Waals surface area contributed by atoms with Gasteiger partial charge >= 0.3 is 0 Å². The van der Waals surface area contributed by atoms with Gasteiger partial charge in [-0.05, 0) is 6.42 Å². The molecule has 8 heteroatoms. The largest absolute Gasteiger partial charge is 1.00 e. The standard InChI is InChI=1S/C4H11N.4BrH.3H3N/c1-2-3-4-5;;;;;;;/h2-5H2,1H3;4*1H;3*1H3. The van der Waals surface area contributed by atoms with Gasteiger partial charge in [-0.25, -0.2) is 0 Å². The van der Waals surface area contributed by atoms with Gasteiger partial charge in [0.1, 0.15) is 0 Å². The summed E-state index contributed by atoms with van der Waals surface area (Å²) in [4.78, 5) is 0. The molecule has 0 aromatic rings. The molecule has 0 saturated carbocycles. The van der Waals surface area contributed by atoms with Crippen LogP contribution in [0.2, 0.25) is 0 Å². The second kappa shape index (κ2) is 77.9. The van der Waals surface area contributed by atoms with Crippen molar-refractivity contribution in [3.8, 4) is 0 Å². The molecule has 0 unspecified atom stereocenters. The second-order valence-corrected chi connectivity index (χ2v) is 1.21. The zero-order valence-corrected chi connectivity index (χ0v) is 14.7. The average molecular weight is 448 g/mol. The van der Waals surface area contributed by atoms with Crippen molar-refractivity contribution in [3.63, 3.8) is 0 Å². The number of hydrogen-bond acceptors (Lipinski definition) is 0. The van der Waals surface area contributed by atoms with Crippen LogP contribution < -0.4 is 92.1 Å². The summed E-state index contributed by atoms with van der Waals surface area (Å²) in [6.45, 7) is 3.27. The first kappa shape index (κ1) is 67.5. The predicted molar refractivity (Wildman–Crippen MR) is 40.6 cm³/mol. The monoisotopic (exact) mass is 444 g/mol. The Labute approximate surface area is 118 Å². The van der Waals surface area contributed by atoms with Crippen molar-refractivity contribution < 1.29 is 73.7 Å². The fourth-order valence-electron chi connectivity index (χ4n) is 0.250. The van der Waals surface area contributed by atoms with Gasteiger partial charge in [-0.15, -0.1) is 0 Å². The summed E-state index contributed by atoms with van der Waals surface area (Å²) in [7, 11) is 0. The summed E-state index contributed by atoms with van der Waals surface area (Å²) in [5.74, 6) is 0. The lowest BCUT2D eigenvalue weighted by Gasteiger charge is -1.77. The van der Waals surface area contributed by atoms with Crippen molar-refractivity contribution in [2.75, 3.05) is 6.54 Å². The fraction of sp³-hybridized carbons (Fsp3) is 1.00. The Morgan fingerprint density at radius 1 is 0.833 bits per heavy atom. The molecule has 0 radical (unpaired) electrons. The molecule has 88 valence electrons. The highest BCUT2D eigenvalue weighted by atomic mass is 79.9. The number of rotatable bonds is 2. The predicted octanol–water partition coefficient (Wildman–Crippen LogP) is -10.8. The normalized spacial score (nSPS) is 3.50. The average Bonchev–Trinajstić information content (AvgIpc) is 1.41. The van der Waals surface area contributed by atoms with Gasteiger partial charge in [-0.1, -0.05) is 13.3 Å². The van der Waals surface area contributed by atoms with Crippen molar-refractivity contribution in [3.05, 3.63) is 0 Å². The van der Waals surface area contributed by atoms with E-state index >= 15 is 0 Å². The van der Waals surface area contributed by atoms with E-state index in [1.165, 1.54) is 12.8 Å². The molecule has 0 aromatic heterocycles. The Morgan fingerprint density at radius 2 is 1.08 bits per heavy atom. The van der Waals surface area contributed by atoms with Crippen molar-refractivity contribution in [1.29, 1.82) is 0 Å². The third kappa shape index (κ3) is 96.3. The van der Waals surface area contributed by atoms with Gasteiger partial charge in [0.2, 0.25) is 0 Å². The van der Waals surface area contributed by atoms with Gasteiger partial charge in [0.15, 0.2) is 0 Å². The molecule has 0 aliphatic rings. The lowest BCUT2D eigenvalue weighted by molar-refractivity contribution is -0.368. The summed E-state index contributed by atoms with van der Waals surface area (Å²) in [6, 6.07) is 0. The van der Waals surface area contributed by atoms with Crippen LogP contribution in [0.25, 0.3) is 0 Å². The van der Waals surface area contributed by atoms with Crippen LogP contribution in [0.1, 0.15) is 19.8 Å². The number of hydrogen-bond donors (Lipinski definition) is 4. The Morgan fingerprint density at radius 3 is 1.08 bits per heavy atom. The van der Waals surface area contributed by atoms with Gasteiger partial charge in [-0.2, -0.15) is 0 Å². The SMILES string of the molecule is CCCC[NH3+].[Br-].[Br-].[Br-].[Br-].[NH4+].[NH4+].[NH4+]. The molecule has 0 aliphatic heterocycles. The van der Waals surface area contributed by atoms with E-state index in [1.54, 1.807) is 0 Å². The summed E-state index contributed by atoms with van der Waals surface area (Å²) < 4.78 is 0. The van der Waals surface area contributed by atoms with Crippen molar-refractivity contribution in [2.24, 2.45) is 0 Å². The van der Waals surface area contributed by atoms with E-state index in [-0.39, 0.29) is 86.4 Å². The second-order valence-electron chi connectivity index (χ2n) is 1.21. The molecule has 0 fully saturated rings. The molecular formula is C4H24Br4N4. The zero-order chi connectivity index (χ0) is 4.12. The minimum Gasteiger partial charge on any atom is -1.00 e. The van der Waals surface area contributed by atoms with Crippen molar-refractivity contribution in [2.45, 2.75) is 19.8 Å². The molecule has 0 saturated heterocycles. The van der Waals surface area contributed by atoms with Gasteiger partial charge < -0.3 is 92.1 Å². The highest BCUT2D eigenvalue weighted by Crippen LogP contribution is 1.75. The number of quaternary nitrogens is 4. The summed E-state index contributed by atoms with van der Waals surface area (Å²) >= 11 is 0. The molecule has 0 bridgehead atoms. The Kier molecular flexibility index (Phi) is 438. The maximum atomic E-state index is 3.68. The van der Waals surface area contributed by atoms with Crippen LogP contribution >= 0.6 is 0 Å². The quantitative estimate of drug-likeness (QED) is 0.320. The minimum absolute atomic E-state index is 0. The van der Waals surface area contributed by atoms with Gasteiger partial charge in [0.25, 0.3) is 0 Å². The molecule has 0 aliphatic carbocycles. The molecule has 0 atom stereocenters. The topological polar surface area (TPSA) is 137 Å². The maximum Gasteiger partial charge on any atom is 0.0739 e. The number of unbranched alkanes of at least 4 members (excludes halogenated alkanes) is 1. The zero-order valence-electron chi connectivity index (χ0n) is 8.34. The van der Waals surface area contributed by atoms with Crippen LogP contribution in [0.3, 0.4) is 0 Å². The third-order valence-electron chi connectivity index (χ3n) is 0.604. The van der Waals surface area contributed by atoms with Gasteiger partial charge in [-0.3, -0.25) is 0 Å². The summed E-state index contributed by atoms with van der Waals surface area (Å²) in [5, 5.41) is 0. The molecule has 0 spiro atoms. The maximum absolute atomic E-state index is 3.68. The number of halogens is 4. The molecule has 0 heterocycles. The molecule has 4 nitrogen and oxygen atoms in total. The Hall–Kier alpha value is 1.76. The van der Waals surface area contributed by atoms with Crippen LogP contribution in [-0.4, -0.2) is 6.54 Å². The van der Waals surface area contributed by atoms with Crippen molar-refractivity contribution >= 4 is 0 Å². The highest BCUT2D eigenvalue weighted by molar-refractivity contribution is 4.21. The Bertz CT molecular complexity index is 26.5. The minimum atomic E-state index is 0. The Balaban J connectivity index is -0.00000000381.